The lowest BCUT2D eigenvalue weighted by Crippen LogP contribution is -2.35. The van der Waals surface area contributed by atoms with Crippen molar-refractivity contribution in [1.29, 1.82) is 0 Å². The normalized spacial score (nSPS) is 11.5. The fourth-order valence-electron chi connectivity index (χ4n) is 2.39. The maximum absolute atomic E-state index is 12.8. The molecule has 6 heteroatoms. The minimum absolute atomic E-state index is 0.149. The van der Waals surface area contributed by atoms with Crippen molar-refractivity contribution < 1.29 is 23.5 Å². The van der Waals surface area contributed by atoms with Gasteiger partial charge in [0.25, 0.3) is 5.91 Å². The zero-order valence-electron chi connectivity index (χ0n) is 14.8. The monoisotopic (exact) mass is 359 g/mol. The van der Waals surface area contributed by atoms with Gasteiger partial charge in [-0.25, -0.2) is 4.39 Å². The molecular formula is C20H22FNO4. The maximum atomic E-state index is 12.8. The molecule has 0 heterocycles. The van der Waals surface area contributed by atoms with Gasteiger partial charge in [-0.2, -0.15) is 0 Å². The van der Waals surface area contributed by atoms with E-state index in [1.165, 1.54) is 19.1 Å². The zero-order chi connectivity index (χ0) is 18.9. The Bertz CT molecular complexity index is 746. The lowest BCUT2D eigenvalue weighted by Gasteiger charge is -2.14. The van der Waals surface area contributed by atoms with Crippen LogP contribution in [0.5, 0.6) is 5.75 Å². The van der Waals surface area contributed by atoms with Crippen LogP contribution < -0.4 is 10.1 Å². The first-order valence-corrected chi connectivity index (χ1v) is 8.33. The van der Waals surface area contributed by atoms with Gasteiger partial charge in [0.05, 0.1) is 7.11 Å². The van der Waals surface area contributed by atoms with Crippen molar-refractivity contribution in [3.05, 3.63) is 65.5 Å². The van der Waals surface area contributed by atoms with Crippen LogP contribution in [-0.2, 0) is 27.3 Å². The Hall–Kier alpha value is -2.89. The van der Waals surface area contributed by atoms with Gasteiger partial charge in [0, 0.05) is 13.0 Å². The molecule has 1 atom stereocenters. The Morgan fingerprint density at radius 3 is 2.50 bits per heavy atom. The quantitative estimate of drug-likeness (QED) is 0.736. The summed E-state index contributed by atoms with van der Waals surface area (Å²) in [7, 11) is 1.57. The summed E-state index contributed by atoms with van der Waals surface area (Å²) < 4.78 is 23.2. The molecule has 26 heavy (non-hydrogen) atoms. The summed E-state index contributed by atoms with van der Waals surface area (Å²) in [6, 6.07) is 13.2. The fraction of sp³-hybridized carbons (Fsp3) is 0.300. The number of benzene rings is 2. The Labute approximate surface area is 152 Å². The lowest BCUT2D eigenvalue weighted by molar-refractivity contribution is -0.154. The van der Waals surface area contributed by atoms with E-state index in [1.807, 2.05) is 24.3 Å². The highest BCUT2D eigenvalue weighted by atomic mass is 19.1. The summed E-state index contributed by atoms with van der Waals surface area (Å²) in [5.74, 6) is -0.483. The Balaban J connectivity index is 1.76. The molecule has 0 aliphatic rings. The molecule has 0 saturated carbocycles. The van der Waals surface area contributed by atoms with Crippen molar-refractivity contribution >= 4 is 11.9 Å². The van der Waals surface area contributed by atoms with Gasteiger partial charge in [-0.3, -0.25) is 9.59 Å². The van der Waals surface area contributed by atoms with E-state index < -0.39 is 18.0 Å². The highest BCUT2D eigenvalue weighted by molar-refractivity contribution is 5.83. The number of halogens is 1. The van der Waals surface area contributed by atoms with Gasteiger partial charge in [0.15, 0.2) is 6.10 Å². The average Bonchev–Trinajstić information content (AvgIpc) is 2.65. The standard InChI is InChI=1S/C20H22FNO4/c1-14(20(24)22-13-15-7-10-17(21)11-8-15)26-19(23)12-9-16-5-3-4-6-18(16)25-2/h3-8,10-11,14H,9,12-13H2,1-2H3,(H,22,24)/t14-/m0/s1. The van der Waals surface area contributed by atoms with Crippen LogP contribution in [0.15, 0.2) is 48.5 Å². The number of aryl methyl sites for hydroxylation is 1. The Morgan fingerprint density at radius 1 is 1.12 bits per heavy atom. The van der Waals surface area contributed by atoms with Crippen LogP contribution >= 0.6 is 0 Å². The second-order valence-corrected chi connectivity index (χ2v) is 5.79. The van der Waals surface area contributed by atoms with Crippen molar-refractivity contribution in [3.63, 3.8) is 0 Å². The van der Waals surface area contributed by atoms with Crippen molar-refractivity contribution in [2.75, 3.05) is 7.11 Å². The van der Waals surface area contributed by atoms with E-state index in [0.717, 1.165) is 11.1 Å². The largest absolute Gasteiger partial charge is 0.496 e. The third kappa shape index (κ3) is 5.88. The van der Waals surface area contributed by atoms with E-state index in [-0.39, 0.29) is 18.8 Å². The van der Waals surface area contributed by atoms with Crippen LogP contribution in [0.2, 0.25) is 0 Å². The first-order chi connectivity index (χ1) is 12.5. The Kier molecular flexibility index (Phi) is 7.14. The van der Waals surface area contributed by atoms with E-state index in [9.17, 15) is 14.0 Å². The molecule has 0 saturated heterocycles. The molecule has 0 aliphatic heterocycles. The van der Waals surface area contributed by atoms with Crippen molar-refractivity contribution in [1.82, 2.24) is 5.32 Å². The maximum Gasteiger partial charge on any atom is 0.306 e. The number of rotatable bonds is 8. The summed E-state index contributed by atoms with van der Waals surface area (Å²) >= 11 is 0. The first kappa shape index (κ1) is 19.4. The number of para-hydroxylation sites is 1. The number of hydrogen-bond donors (Lipinski definition) is 1. The Morgan fingerprint density at radius 2 is 1.81 bits per heavy atom. The molecule has 0 fully saturated rings. The number of esters is 1. The van der Waals surface area contributed by atoms with Crippen LogP contribution in [-0.4, -0.2) is 25.1 Å². The lowest BCUT2D eigenvalue weighted by atomic mass is 10.1. The topological polar surface area (TPSA) is 64.6 Å². The predicted molar refractivity (Wildman–Crippen MR) is 95.1 cm³/mol. The summed E-state index contributed by atoms with van der Waals surface area (Å²) in [5, 5.41) is 2.66. The number of ether oxygens (including phenoxy) is 2. The number of amides is 1. The molecular weight excluding hydrogens is 337 g/mol. The van der Waals surface area contributed by atoms with Gasteiger partial charge in [-0.05, 0) is 42.7 Å². The zero-order valence-corrected chi connectivity index (χ0v) is 14.8. The van der Waals surface area contributed by atoms with Crippen LogP contribution in [0.4, 0.5) is 4.39 Å². The number of nitrogens with one attached hydrogen (secondary N) is 1. The summed E-state index contributed by atoms with van der Waals surface area (Å²) in [6.07, 6.45) is -0.288. The van der Waals surface area contributed by atoms with Crippen LogP contribution in [0, 0.1) is 5.82 Å². The minimum atomic E-state index is -0.902. The van der Waals surface area contributed by atoms with Gasteiger partial charge >= 0.3 is 5.97 Å². The number of carbonyl (C=O) groups is 2. The van der Waals surface area contributed by atoms with Gasteiger partial charge in [-0.1, -0.05) is 30.3 Å². The third-order valence-electron chi connectivity index (χ3n) is 3.85. The molecule has 5 nitrogen and oxygen atoms in total. The van der Waals surface area contributed by atoms with Crippen molar-refractivity contribution in [3.8, 4) is 5.75 Å². The van der Waals surface area contributed by atoms with Crippen molar-refractivity contribution in [2.24, 2.45) is 0 Å². The van der Waals surface area contributed by atoms with Crippen LogP contribution in [0.3, 0.4) is 0 Å². The molecule has 0 spiro atoms. The second-order valence-electron chi connectivity index (χ2n) is 5.79. The minimum Gasteiger partial charge on any atom is -0.496 e. The highest BCUT2D eigenvalue weighted by Crippen LogP contribution is 2.19. The number of carbonyl (C=O) groups excluding carboxylic acids is 2. The molecule has 1 N–H and O–H groups in total. The SMILES string of the molecule is COc1ccccc1CCC(=O)O[C@@H](C)C(=O)NCc1ccc(F)cc1. The van der Waals surface area contributed by atoms with E-state index in [4.69, 9.17) is 9.47 Å². The molecule has 2 aromatic rings. The molecule has 2 rings (SSSR count). The van der Waals surface area contributed by atoms with Crippen LogP contribution in [0.25, 0.3) is 0 Å². The van der Waals surface area contributed by atoms with Gasteiger partial charge in [-0.15, -0.1) is 0 Å². The molecule has 138 valence electrons. The highest BCUT2D eigenvalue weighted by Gasteiger charge is 2.17. The number of methoxy groups -OCH3 is 1. The molecule has 0 aromatic heterocycles. The van der Waals surface area contributed by atoms with Gasteiger partial charge < -0.3 is 14.8 Å². The molecule has 0 unspecified atom stereocenters. The molecule has 0 aliphatic carbocycles. The second kappa shape index (κ2) is 9.56. The first-order valence-electron chi connectivity index (χ1n) is 8.33. The van der Waals surface area contributed by atoms with E-state index in [0.29, 0.717) is 12.2 Å². The fourth-order valence-corrected chi connectivity index (χ4v) is 2.39. The molecule has 0 bridgehead atoms. The van der Waals surface area contributed by atoms with Crippen LogP contribution in [0.1, 0.15) is 24.5 Å². The molecule has 0 radical (unpaired) electrons. The van der Waals surface area contributed by atoms with Gasteiger partial charge in [0.1, 0.15) is 11.6 Å². The summed E-state index contributed by atoms with van der Waals surface area (Å²) in [6.45, 7) is 1.75. The summed E-state index contributed by atoms with van der Waals surface area (Å²) in [4.78, 5) is 24.0. The van der Waals surface area contributed by atoms with E-state index in [1.54, 1.807) is 19.2 Å². The molecule has 1 amide bonds. The average molecular weight is 359 g/mol. The third-order valence-corrected chi connectivity index (χ3v) is 3.85. The smallest absolute Gasteiger partial charge is 0.306 e. The molecule has 2 aromatic carbocycles. The summed E-state index contributed by atoms with van der Waals surface area (Å²) in [5.41, 5.74) is 1.66. The van der Waals surface area contributed by atoms with E-state index >= 15 is 0 Å². The number of hydrogen-bond acceptors (Lipinski definition) is 4. The predicted octanol–water partition coefficient (Wildman–Crippen LogP) is 3.02. The van der Waals surface area contributed by atoms with Crippen molar-refractivity contribution in [2.45, 2.75) is 32.4 Å². The van der Waals surface area contributed by atoms with Gasteiger partial charge in [0.2, 0.25) is 0 Å². The van der Waals surface area contributed by atoms with E-state index in [2.05, 4.69) is 5.32 Å².